The maximum absolute atomic E-state index is 11.8. The third kappa shape index (κ3) is 4.34. The minimum atomic E-state index is -0.337. The molecule has 0 bridgehead atoms. The van der Waals surface area contributed by atoms with Gasteiger partial charge in [-0.2, -0.15) is 11.8 Å². The Bertz CT molecular complexity index is 217. The summed E-state index contributed by atoms with van der Waals surface area (Å²) < 4.78 is 0. The summed E-state index contributed by atoms with van der Waals surface area (Å²) in [6.45, 7) is 2.11. The van der Waals surface area contributed by atoms with Crippen LogP contribution in [0.25, 0.3) is 0 Å². The molecule has 0 aromatic rings. The van der Waals surface area contributed by atoms with Crippen molar-refractivity contribution in [1.82, 2.24) is 5.32 Å². The highest BCUT2D eigenvalue weighted by molar-refractivity contribution is 7.98. The standard InChI is InChI=1S/C12H24N2OS/c1-9(10-5-3-4-6-10)14-12(15)11(13)7-8-16-2/h9-11H,3-8,13H2,1-2H3,(H,14,15)/t9-,11-/m0/s1. The first kappa shape index (κ1) is 13.8. The molecule has 3 N–H and O–H groups in total. The lowest BCUT2D eigenvalue weighted by atomic mass is 9.99. The van der Waals surface area contributed by atoms with Crippen LogP contribution in [-0.2, 0) is 4.79 Å². The van der Waals surface area contributed by atoms with Crippen molar-refractivity contribution in [2.45, 2.75) is 51.1 Å². The van der Waals surface area contributed by atoms with Gasteiger partial charge < -0.3 is 11.1 Å². The van der Waals surface area contributed by atoms with Gasteiger partial charge in [0.2, 0.25) is 5.91 Å². The van der Waals surface area contributed by atoms with Crippen LogP contribution in [0, 0.1) is 5.92 Å². The van der Waals surface area contributed by atoms with Crippen LogP contribution in [0.3, 0.4) is 0 Å². The summed E-state index contributed by atoms with van der Waals surface area (Å²) in [5.74, 6) is 1.64. The molecule has 1 aliphatic carbocycles. The topological polar surface area (TPSA) is 55.1 Å². The molecule has 1 saturated carbocycles. The average Bonchev–Trinajstić information content (AvgIpc) is 2.79. The van der Waals surface area contributed by atoms with Gasteiger partial charge >= 0.3 is 0 Å². The van der Waals surface area contributed by atoms with E-state index in [-0.39, 0.29) is 18.0 Å². The molecule has 0 aromatic heterocycles. The molecule has 0 radical (unpaired) electrons. The smallest absolute Gasteiger partial charge is 0.237 e. The number of hydrogen-bond acceptors (Lipinski definition) is 3. The normalized spacial score (nSPS) is 20.7. The minimum absolute atomic E-state index is 0.0217. The van der Waals surface area contributed by atoms with Crippen LogP contribution in [0.5, 0.6) is 0 Å². The van der Waals surface area contributed by atoms with E-state index in [4.69, 9.17) is 5.73 Å². The van der Waals surface area contributed by atoms with Crippen LogP contribution in [0.2, 0.25) is 0 Å². The molecule has 0 aromatic carbocycles. The highest BCUT2D eigenvalue weighted by Gasteiger charge is 2.24. The average molecular weight is 244 g/mol. The first-order chi connectivity index (χ1) is 7.65. The van der Waals surface area contributed by atoms with Crippen molar-refractivity contribution in [3.63, 3.8) is 0 Å². The summed E-state index contributed by atoms with van der Waals surface area (Å²) in [5.41, 5.74) is 5.82. The minimum Gasteiger partial charge on any atom is -0.352 e. The monoisotopic (exact) mass is 244 g/mol. The molecule has 0 heterocycles. The van der Waals surface area contributed by atoms with E-state index in [0.29, 0.717) is 5.92 Å². The number of amides is 1. The molecule has 1 aliphatic rings. The Kier molecular flexibility index (Phi) is 6.21. The van der Waals surface area contributed by atoms with E-state index in [0.717, 1.165) is 12.2 Å². The number of nitrogens with one attached hydrogen (secondary N) is 1. The zero-order valence-electron chi connectivity index (χ0n) is 10.4. The van der Waals surface area contributed by atoms with E-state index in [1.165, 1.54) is 25.7 Å². The van der Waals surface area contributed by atoms with Crippen LogP contribution in [0.15, 0.2) is 0 Å². The van der Waals surface area contributed by atoms with Crippen LogP contribution < -0.4 is 11.1 Å². The van der Waals surface area contributed by atoms with Crippen molar-refractivity contribution in [3.05, 3.63) is 0 Å². The van der Waals surface area contributed by atoms with E-state index < -0.39 is 0 Å². The van der Waals surface area contributed by atoms with Crippen LogP contribution >= 0.6 is 11.8 Å². The summed E-state index contributed by atoms with van der Waals surface area (Å²) in [4.78, 5) is 11.8. The fraction of sp³-hybridized carbons (Fsp3) is 0.917. The van der Waals surface area contributed by atoms with Gasteiger partial charge in [0.25, 0.3) is 0 Å². The van der Waals surface area contributed by atoms with E-state index in [1.54, 1.807) is 11.8 Å². The summed E-state index contributed by atoms with van der Waals surface area (Å²) in [7, 11) is 0. The summed E-state index contributed by atoms with van der Waals surface area (Å²) in [6, 6.07) is -0.0494. The molecule has 94 valence electrons. The van der Waals surface area contributed by atoms with Gasteiger partial charge in [-0.05, 0) is 44.1 Å². The van der Waals surface area contributed by atoms with E-state index in [9.17, 15) is 4.79 Å². The second kappa shape index (κ2) is 7.17. The Morgan fingerprint density at radius 3 is 2.69 bits per heavy atom. The third-order valence-electron chi connectivity index (χ3n) is 3.45. The molecular weight excluding hydrogens is 220 g/mol. The number of nitrogens with two attached hydrogens (primary N) is 1. The molecule has 2 atom stereocenters. The van der Waals surface area contributed by atoms with Crippen LogP contribution in [0.1, 0.15) is 39.0 Å². The van der Waals surface area contributed by atoms with Crippen molar-refractivity contribution in [2.24, 2.45) is 11.7 Å². The highest BCUT2D eigenvalue weighted by Crippen LogP contribution is 2.27. The third-order valence-corrected chi connectivity index (χ3v) is 4.09. The lowest BCUT2D eigenvalue weighted by Crippen LogP contribution is -2.46. The van der Waals surface area contributed by atoms with Gasteiger partial charge in [-0.1, -0.05) is 12.8 Å². The lowest BCUT2D eigenvalue weighted by Gasteiger charge is -2.22. The van der Waals surface area contributed by atoms with Crippen molar-refractivity contribution >= 4 is 17.7 Å². The molecule has 1 amide bonds. The highest BCUT2D eigenvalue weighted by atomic mass is 32.2. The maximum atomic E-state index is 11.8. The molecule has 3 nitrogen and oxygen atoms in total. The predicted molar refractivity (Wildman–Crippen MR) is 70.5 cm³/mol. The van der Waals surface area contributed by atoms with E-state index in [1.807, 2.05) is 6.26 Å². The van der Waals surface area contributed by atoms with Gasteiger partial charge in [0, 0.05) is 6.04 Å². The van der Waals surface area contributed by atoms with Gasteiger partial charge in [-0.15, -0.1) is 0 Å². The number of carbonyl (C=O) groups excluding carboxylic acids is 1. The fourth-order valence-electron chi connectivity index (χ4n) is 2.28. The van der Waals surface area contributed by atoms with Gasteiger partial charge in [0.15, 0.2) is 0 Å². The maximum Gasteiger partial charge on any atom is 0.237 e. The van der Waals surface area contributed by atoms with Crippen molar-refractivity contribution in [3.8, 4) is 0 Å². The van der Waals surface area contributed by atoms with Gasteiger partial charge in [0.1, 0.15) is 0 Å². The summed E-state index contributed by atoms with van der Waals surface area (Å²) in [5, 5.41) is 3.06. The van der Waals surface area contributed by atoms with Crippen molar-refractivity contribution in [1.29, 1.82) is 0 Å². The molecule has 0 saturated heterocycles. The molecular formula is C12H24N2OS. The van der Waals surface area contributed by atoms with E-state index >= 15 is 0 Å². The Balaban J connectivity index is 2.26. The van der Waals surface area contributed by atoms with Crippen molar-refractivity contribution in [2.75, 3.05) is 12.0 Å². The predicted octanol–water partition coefficient (Wildman–Crippen LogP) is 1.76. The van der Waals surface area contributed by atoms with Crippen LogP contribution in [-0.4, -0.2) is 30.0 Å². The Hall–Kier alpha value is -0.220. The number of hydrogen-bond donors (Lipinski definition) is 2. The number of carbonyl (C=O) groups is 1. The van der Waals surface area contributed by atoms with Crippen LogP contribution in [0.4, 0.5) is 0 Å². The van der Waals surface area contributed by atoms with Gasteiger partial charge in [-0.25, -0.2) is 0 Å². The summed E-state index contributed by atoms with van der Waals surface area (Å²) in [6.07, 6.45) is 7.92. The first-order valence-corrected chi connectivity index (χ1v) is 7.59. The Morgan fingerprint density at radius 1 is 1.50 bits per heavy atom. The zero-order valence-corrected chi connectivity index (χ0v) is 11.2. The summed E-state index contributed by atoms with van der Waals surface area (Å²) >= 11 is 1.73. The Morgan fingerprint density at radius 2 is 2.12 bits per heavy atom. The van der Waals surface area contributed by atoms with Crippen molar-refractivity contribution < 1.29 is 4.79 Å². The molecule has 1 fully saturated rings. The molecule has 0 unspecified atom stereocenters. The van der Waals surface area contributed by atoms with Gasteiger partial charge in [-0.3, -0.25) is 4.79 Å². The quantitative estimate of drug-likeness (QED) is 0.748. The fourth-order valence-corrected chi connectivity index (χ4v) is 2.77. The van der Waals surface area contributed by atoms with E-state index in [2.05, 4.69) is 12.2 Å². The number of thioether (sulfide) groups is 1. The molecule has 1 rings (SSSR count). The molecule has 16 heavy (non-hydrogen) atoms. The SMILES string of the molecule is CSCC[C@H](N)C(=O)N[C@@H](C)C1CCCC1. The number of rotatable bonds is 6. The second-order valence-corrected chi connectivity index (χ2v) is 5.72. The molecule has 4 heteroatoms. The first-order valence-electron chi connectivity index (χ1n) is 6.20. The second-order valence-electron chi connectivity index (χ2n) is 4.73. The largest absolute Gasteiger partial charge is 0.352 e. The Labute approximate surface area is 103 Å². The lowest BCUT2D eigenvalue weighted by molar-refractivity contribution is -0.123. The zero-order chi connectivity index (χ0) is 12.0. The molecule has 0 spiro atoms. The van der Waals surface area contributed by atoms with Gasteiger partial charge in [0.05, 0.1) is 6.04 Å². The molecule has 0 aliphatic heterocycles.